The number of nitrogens with one attached hydrogen (secondary N) is 2. The predicted molar refractivity (Wildman–Crippen MR) is 89.6 cm³/mol. The van der Waals surface area contributed by atoms with Crippen molar-refractivity contribution in [2.75, 3.05) is 18.4 Å². The van der Waals surface area contributed by atoms with Gasteiger partial charge in [0.25, 0.3) is 5.91 Å². The second-order valence-corrected chi connectivity index (χ2v) is 5.88. The first-order valence-electron chi connectivity index (χ1n) is 7.72. The number of hydrogen-bond donors (Lipinski definition) is 2. The Morgan fingerprint density at radius 1 is 1.27 bits per heavy atom. The normalized spacial score (nSPS) is 16.6. The van der Waals surface area contributed by atoms with Crippen molar-refractivity contribution in [1.29, 1.82) is 0 Å². The second-order valence-electron chi connectivity index (χ2n) is 5.88. The molecule has 0 radical (unpaired) electrons. The zero-order chi connectivity index (χ0) is 18.1. The van der Waals surface area contributed by atoms with Crippen LogP contribution in [0.3, 0.4) is 0 Å². The lowest BCUT2D eigenvalue weighted by Crippen LogP contribution is -2.52. The molecule has 0 spiro atoms. The maximum Gasteiger partial charge on any atom is 0.419 e. The van der Waals surface area contributed by atoms with Crippen molar-refractivity contribution in [3.8, 4) is 0 Å². The van der Waals surface area contributed by atoms with E-state index in [1.54, 1.807) is 12.3 Å². The van der Waals surface area contributed by atoms with Crippen LogP contribution < -0.4 is 10.6 Å². The first kappa shape index (κ1) is 20.2. The second kappa shape index (κ2) is 7.63. The molecule has 1 amide bonds. The number of carbonyl (C=O) groups excluding carboxylic acids is 1. The molecule has 1 aliphatic heterocycles. The van der Waals surface area contributed by atoms with Gasteiger partial charge >= 0.3 is 6.18 Å². The Bertz CT molecular complexity index is 758. The maximum absolute atomic E-state index is 13.4. The van der Waals surface area contributed by atoms with Crippen molar-refractivity contribution >= 4 is 24.0 Å². The number of nitrogens with zero attached hydrogens (tertiary/aromatic N) is 2. The van der Waals surface area contributed by atoms with E-state index in [1.165, 1.54) is 10.9 Å². The van der Waals surface area contributed by atoms with Crippen molar-refractivity contribution in [3.63, 3.8) is 0 Å². The van der Waals surface area contributed by atoms with Crippen LogP contribution in [0.25, 0.3) is 0 Å². The quantitative estimate of drug-likeness (QED) is 0.789. The van der Waals surface area contributed by atoms with Gasteiger partial charge < -0.3 is 10.6 Å². The molecular weight excluding hydrogens is 376 g/mol. The number of amides is 1. The fourth-order valence-corrected chi connectivity index (χ4v) is 2.99. The summed E-state index contributed by atoms with van der Waals surface area (Å²) < 4.78 is 53.5. The highest BCUT2D eigenvalue weighted by atomic mass is 35.5. The van der Waals surface area contributed by atoms with E-state index in [4.69, 9.17) is 0 Å². The zero-order valence-corrected chi connectivity index (χ0v) is 14.3. The topological polar surface area (TPSA) is 59.0 Å². The number of anilines is 1. The molecule has 142 valence electrons. The standard InChI is InChI=1S/C16H16F4N4O.ClH/c17-13-3-2-11(10-12(13)16(18,19)20)23-14(25)15(4-7-21-8-5-15)24-9-1-6-22-24;/h1-3,6,9-10,21H,4-5,7-8H2,(H,23,25);1H. The third kappa shape index (κ3) is 3.83. The van der Waals surface area contributed by atoms with Crippen molar-refractivity contribution in [2.24, 2.45) is 0 Å². The Morgan fingerprint density at radius 2 is 1.96 bits per heavy atom. The number of aromatic nitrogens is 2. The van der Waals surface area contributed by atoms with Crippen molar-refractivity contribution in [3.05, 3.63) is 48.0 Å². The van der Waals surface area contributed by atoms with Gasteiger partial charge in [0.15, 0.2) is 0 Å². The molecule has 5 nitrogen and oxygen atoms in total. The van der Waals surface area contributed by atoms with Crippen LogP contribution in [0.2, 0.25) is 0 Å². The summed E-state index contributed by atoms with van der Waals surface area (Å²) in [4.78, 5) is 12.9. The van der Waals surface area contributed by atoms with Crippen LogP contribution in [-0.2, 0) is 16.5 Å². The molecule has 0 aliphatic carbocycles. The fourth-order valence-electron chi connectivity index (χ4n) is 2.99. The number of rotatable bonds is 3. The first-order chi connectivity index (χ1) is 11.8. The van der Waals surface area contributed by atoms with Crippen molar-refractivity contribution in [2.45, 2.75) is 24.6 Å². The molecule has 0 unspecified atom stereocenters. The smallest absolute Gasteiger partial charge is 0.324 e. The third-order valence-electron chi connectivity index (χ3n) is 4.33. The van der Waals surface area contributed by atoms with E-state index in [1.807, 2.05) is 0 Å². The minimum Gasteiger partial charge on any atom is -0.324 e. The van der Waals surface area contributed by atoms with Gasteiger partial charge in [-0.15, -0.1) is 12.4 Å². The van der Waals surface area contributed by atoms with Gasteiger partial charge in [-0.3, -0.25) is 9.48 Å². The highest BCUT2D eigenvalue weighted by molar-refractivity contribution is 5.96. The van der Waals surface area contributed by atoms with Gasteiger partial charge in [-0.25, -0.2) is 4.39 Å². The van der Waals surface area contributed by atoms with Gasteiger partial charge in [0.05, 0.1) is 5.56 Å². The summed E-state index contributed by atoms with van der Waals surface area (Å²) in [6.07, 6.45) is -0.770. The number of carbonyl (C=O) groups is 1. The highest BCUT2D eigenvalue weighted by Gasteiger charge is 2.42. The van der Waals surface area contributed by atoms with Crippen molar-refractivity contribution in [1.82, 2.24) is 15.1 Å². The van der Waals surface area contributed by atoms with Crippen LogP contribution in [0, 0.1) is 5.82 Å². The molecule has 2 N–H and O–H groups in total. The molecule has 2 heterocycles. The molecule has 26 heavy (non-hydrogen) atoms. The lowest BCUT2D eigenvalue weighted by molar-refractivity contribution is -0.140. The summed E-state index contributed by atoms with van der Waals surface area (Å²) in [5, 5.41) is 9.76. The van der Waals surface area contributed by atoms with E-state index in [-0.39, 0.29) is 18.1 Å². The van der Waals surface area contributed by atoms with Crippen LogP contribution in [0.1, 0.15) is 18.4 Å². The minimum atomic E-state index is -4.83. The number of alkyl halides is 3. The van der Waals surface area contributed by atoms with E-state index >= 15 is 0 Å². The van der Waals surface area contributed by atoms with E-state index < -0.39 is 29.0 Å². The van der Waals surface area contributed by atoms with Crippen LogP contribution in [0.5, 0.6) is 0 Å². The molecule has 0 atom stereocenters. The van der Waals surface area contributed by atoms with E-state index in [2.05, 4.69) is 15.7 Å². The number of piperidine rings is 1. The van der Waals surface area contributed by atoms with Crippen LogP contribution >= 0.6 is 12.4 Å². The Labute approximate surface area is 153 Å². The number of benzene rings is 1. The van der Waals surface area contributed by atoms with Gasteiger partial charge in [-0.1, -0.05) is 0 Å². The number of hydrogen-bond acceptors (Lipinski definition) is 3. The Kier molecular flexibility index (Phi) is 5.92. The Balaban J connectivity index is 0.00000243. The van der Waals surface area contributed by atoms with Crippen LogP contribution in [-0.4, -0.2) is 28.8 Å². The number of halogens is 5. The molecule has 1 aliphatic rings. The fraction of sp³-hybridized carbons (Fsp3) is 0.375. The van der Waals surface area contributed by atoms with Crippen molar-refractivity contribution < 1.29 is 22.4 Å². The van der Waals surface area contributed by atoms with E-state index in [9.17, 15) is 22.4 Å². The highest BCUT2D eigenvalue weighted by Crippen LogP contribution is 2.34. The Morgan fingerprint density at radius 3 is 2.54 bits per heavy atom. The lowest BCUT2D eigenvalue weighted by Gasteiger charge is -2.36. The summed E-state index contributed by atoms with van der Waals surface area (Å²) >= 11 is 0. The third-order valence-corrected chi connectivity index (χ3v) is 4.33. The molecule has 0 bridgehead atoms. The SMILES string of the molecule is Cl.O=C(Nc1ccc(F)c(C(F)(F)F)c1)C1(n2cccn2)CCNCC1. The molecule has 0 saturated carbocycles. The summed E-state index contributed by atoms with van der Waals surface area (Å²) in [6, 6.07) is 4.09. The summed E-state index contributed by atoms with van der Waals surface area (Å²) in [7, 11) is 0. The zero-order valence-electron chi connectivity index (χ0n) is 13.5. The monoisotopic (exact) mass is 392 g/mol. The largest absolute Gasteiger partial charge is 0.419 e. The first-order valence-corrected chi connectivity index (χ1v) is 7.72. The molecule has 1 fully saturated rings. The summed E-state index contributed by atoms with van der Waals surface area (Å²) in [5.74, 6) is -1.86. The average Bonchev–Trinajstić information content (AvgIpc) is 3.11. The molecular formula is C16H17ClF4N4O. The lowest BCUT2D eigenvalue weighted by atomic mass is 9.87. The average molecular weight is 393 g/mol. The molecule has 2 aromatic rings. The summed E-state index contributed by atoms with van der Waals surface area (Å²) in [5.41, 5.74) is -2.52. The van der Waals surface area contributed by atoms with Gasteiger partial charge in [0.1, 0.15) is 11.4 Å². The molecule has 1 aromatic carbocycles. The van der Waals surface area contributed by atoms with Crippen LogP contribution in [0.4, 0.5) is 23.2 Å². The maximum atomic E-state index is 13.4. The molecule has 1 aromatic heterocycles. The predicted octanol–water partition coefficient (Wildman–Crippen LogP) is 3.18. The van der Waals surface area contributed by atoms with Gasteiger partial charge in [-0.2, -0.15) is 18.3 Å². The molecule has 10 heteroatoms. The Hall–Kier alpha value is -2.13. The van der Waals surface area contributed by atoms with Crippen LogP contribution in [0.15, 0.2) is 36.7 Å². The molecule has 3 rings (SSSR count). The van der Waals surface area contributed by atoms with E-state index in [0.717, 1.165) is 6.07 Å². The van der Waals surface area contributed by atoms with Gasteiger partial charge in [0.2, 0.25) is 0 Å². The van der Waals surface area contributed by atoms with E-state index in [0.29, 0.717) is 38.1 Å². The molecule has 1 saturated heterocycles. The van der Waals surface area contributed by atoms with Gasteiger partial charge in [-0.05, 0) is 50.2 Å². The summed E-state index contributed by atoms with van der Waals surface area (Å²) in [6.45, 7) is 1.15. The minimum absolute atomic E-state index is 0. The van der Waals surface area contributed by atoms with Gasteiger partial charge in [0, 0.05) is 18.1 Å².